The van der Waals surface area contributed by atoms with Crippen LogP contribution in [0.3, 0.4) is 0 Å². The van der Waals surface area contributed by atoms with Gasteiger partial charge in [-0.25, -0.2) is 0 Å². The normalized spacial score (nSPS) is 10.9. The number of hydrogen-bond acceptors (Lipinski definition) is 1. The molecule has 0 N–H and O–H groups in total. The molecule has 1 nitrogen and oxygen atoms in total. The van der Waals surface area contributed by atoms with Crippen LogP contribution in [-0.2, 0) is 0 Å². The van der Waals surface area contributed by atoms with E-state index in [4.69, 9.17) is 0 Å². The van der Waals surface area contributed by atoms with Crippen LogP contribution in [-0.4, -0.2) is 0 Å². The minimum absolute atomic E-state index is 0.253. The Kier molecular flexibility index (Phi) is 1.52. The van der Waals surface area contributed by atoms with Crippen molar-refractivity contribution in [1.29, 1.82) is 0 Å². The van der Waals surface area contributed by atoms with Gasteiger partial charge in [0, 0.05) is 5.39 Å². The Morgan fingerprint density at radius 3 is 2.73 bits per heavy atom. The van der Waals surface area contributed by atoms with E-state index < -0.39 is 0 Å². The maximum Gasteiger partial charge on any atom is 0.201 e. The zero-order valence-electron chi connectivity index (χ0n) is 5.87. The summed E-state index contributed by atoms with van der Waals surface area (Å²) in [6, 6.07) is 9.71. The fourth-order valence-electron chi connectivity index (χ4n) is 1.13. The predicted octanol–water partition coefficient (Wildman–Crippen LogP) is 2.23. The van der Waals surface area contributed by atoms with E-state index in [0.717, 1.165) is 10.8 Å². The number of benzene rings is 1. The Morgan fingerprint density at radius 2 is 1.91 bits per heavy atom. The second-order valence-electron chi connectivity index (χ2n) is 2.39. The van der Waals surface area contributed by atoms with Crippen molar-refractivity contribution in [1.82, 2.24) is 0 Å². The Morgan fingerprint density at radius 1 is 1.09 bits per heavy atom. The molecule has 0 aliphatic rings. The lowest BCUT2D eigenvalue weighted by Gasteiger charge is -1.91. The fraction of sp³-hybridized carbons (Fsp3) is 0. The van der Waals surface area contributed by atoms with E-state index in [1.165, 1.54) is 0 Å². The van der Waals surface area contributed by atoms with Crippen molar-refractivity contribution >= 4 is 19.0 Å². The van der Waals surface area contributed by atoms with E-state index in [2.05, 4.69) is 0 Å². The molecule has 1 aromatic carbocycles. The van der Waals surface area contributed by atoms with Gasteiger partial charge in [0.1, 0.15) is 0 Å². The first-order chi connectivity index (χ1) is 5.38. The molecule has 0 amide bonds. The molecule has 1 unspecified atom stereocenters. The summed E-state index contributed by atoms with van der Waals surface area (Å²) in [5, 5.41) is 2.17. The quantitative estimate of drug-likeness (QED) is 0.580. The van der Waals surface area contributed by atoms with Crippen LogP contribution in [0.15, 0.2) is 40.9 Å². The predicted molar refractivity (Wildman–Crippen MR) is 49.7 cm³/mol. The third-order valence-corrected chi connectivity index (χ3v) is 2.55. The topological polar surface area (TPSA) is 17.1 Å². The molecule has 0 saturated heterocycles. The first-order valence-electron chi connectivity index (χ1n) is 3.44. The van der Waals surface area contributed by atoms with E-state index in [-0.39, 0.29) is 5.16 Å². The van der Waals surface area contributed by atoms with Gasteiger partial charge in [-0.05, 0) is 11.2 Å². The highest BCUT2D eigenvalue weighted by atomic mass is 31.0. The SMILES string of the molecule is O=c1[pH]ccc2ccccc12. The molecule has 1 aromatic heterocycles. The molecule has 0 saturated carbocycles. The molecule has 1 atom stereocenters. The third kappa shape index (κ3) is 1.08. The van der Waals surface area contributed by atoms with Gasteiger partial charge in [-0.2, -0.15) is 0 Å². The van der Waals surface area contributed by atoms with Crippen molar-refractivity contribution in [3.05, 3.63) is 46.1 Å². The van der Waals surface area contributed by atoms with Crippen LogP contribution in [0.5, 0.6) is 0 Å². The van der Waals surface area contributed by atoms with Crippen LogP contribution < -0.4 is 5.16 Å². The minimum Gasteiger partial charge on any atom is -0.285 e. The summed E-state index contributed by atoms with van der Waals surface area (Å²) in [5.41, 5.74) is 0. The molecule has 0 spiro atoms. The van der Waals surface area contributed by atoms with Gasteiger partial charge in [-0.3, -0.25) is 4.79 Å². The van der Waals surface area contributed by atoms with Gasteiger partial charge in [0.15, 0.2) is 0 Å². The van der Waals surface area contributed by atoms with Crippen LogP contribution in [0.2, 0.25) is 0 Å². The summed E-state index contributed by atoms with van der Waals surface area (Å²) >= 11 is 0. The highest BCUT2D eigenvalue weighted by Crippen LogP contribution is 2.11. The molecule has 11 heavy (non-hydrogen) atoms. The minimum atomic E-state index is 0.253. The van der Waals surface area contributed by atoms with Gasteiger partial charge in [0.2, 0.25) is 5.16 Å². The Bertz CT molecular complexity index is 425. The van der Waals surface area contributed by atoms with E-state index >= 15 is 0 Å². The average molecular weight is 162 g/mol. The summed E-state index contributed by atoms with van der Waals surface area (Å²) in [4.78, 5) is 11.2. The lowest BCUT2D eigenvalue weighted by atomic mass is 10.2. The largest absolute Gasteiger partial charge is 0.285 e. The summed E-state index contributed by atoms with van der Waals surface area (Å²) in [6.45, 7) is 0. The van der Waals surface area contributed by atoms with Crippen molar-refractivity contribution in [2.45, 2.75) is 0 Å². The molecule has 0 fully saturated rings. The van der Waals surface area contributed by atoms with Gasteiger partial charge in [-0.15, -0.1) is 0 Å². The molecule has 54 valence electrons. The molecule has 0 aliphatic carbocycles. The smallest absolute Gasteiger partial charge is 0.201 e. The summed E-state index contributed by atoms with van der Waals surface area (Å²) < 4.78 is 0. The van der Waals surface area contributed by atoms with Crippen molar-refractivity contribution in [2.24, 2.45) is 0 Å². The summed E-state index contributed by atoms with van der Waals surface area (Å²) in [7, 11) is 0.323. The van der Waals surface area contributed by atoms with Crippen molar-refractivity contribution < 1.29 is 0 Å². The Hall–Kier alpha value is -1.07. The third-order valence-electron chi connectivity index (χ3n) is 1.68. The van der Waals surface area contributed by atoms with Crippen LogP contribution >= 0.6 is 8.19 Å². The molecule has 1 heterocycles. The van der Waals surface area contributed by atoms with Crippen LogP contribution in [0, 0.1) is 0 Å². The van der Waals surface area contributed by atoms with Gasteiger partial charge < -0.3 is 0 Å². The van der Waals surface area contributed by atoms with E-state index in [9.17, 15) is 4.79 Å². The van der Waals surface area contributed by atoms with Gasteiger partial charge in [-0.1, -0.05) is 38.5 Å². The number of rotatable bonds is 0. The monoisotopic (exact) mass is 162 g/mol. The first kappa shape index (κ1) is 6.63. The van der Waals surface area contributed by atoms with Crippen molar-refractivity contribution in [3.8, 4) is 0 Å². The highest BCUT2D eigenvalue weighted by molar-refractivity contribution is 7.28. The molecule has 0 radical (unpaired) electrons. The zero-order valence-corrected chi connectivity index (χ0v) is 6.87. The lowest BCUT2D eigenvalue weighted by molar-refractivity contribution is 1.78. The maximum atomic E-state index is 11.2. The molecule has 0 aliphatic heterocycles. The molecule has 2 heteroatoms. The van der Waals surface area contributed by atoms with Gasteiger partial charge in [0.05, 0.1) is 0 Å². The summed E-state index contributed by atoms with van der Waals surface area (Å²) in [6.07, 6.45) is 0. The van der Waals surface area contributed by atoms with E-state index in [0.29, 0.717) is 8.19 Å². The Labute approximate surface area is 65.8 Å². The summed E-state index contributed by atoms with van der Waals surface area (Å²) in [5.74, 6) is 1.94. The van der Waals surface area contributed by atoms with E-state index in [1.807, 2.05) is 36.1 Å². The zero-order chi connectivity index (χ0) is 7.68. The Balaban J connectivity index is 3.03. The maximum absolute atomic E-state index is 11.2. The highest BCUT2D eigenvalue weighted by Gasteiger charge is 1.92. The van der Waals surface area contributed by atoms with Gasteiger partial charge >= 0.3 is 0 Å². The lowest BCUT2D eigenvalue weighted by Crippen LogP contribution is -1.90. The standard InChI is InChI=1S/C9H7OP/c10-9-8-4-2-1-3-7(8)5-6-11-9/h1-6,11H. The molecular weight excluding hydrogens is 155 g/mol. The fourth-order valence-corrected chi connectivity index (χ4v) is 1.93. The molecule has 0 bridgehead atoms. The number of hydrogen-bond donors (Lipinski definition) is 0. The van der Waals surface area contributed by atoms with Crippen LogP contribution in [0.25, 0.3) is 10.8 Å². The average Bonchev–Trinajstić information content (AvgIpc) is 2.06. The molecule has 2 rings (SSSR count). The van der Waals surface area contributed by atoms with Crippen LogP contribution in [0.4, 0.5) is 0 Å². The van der Waals surface area contributed by atoms with Crippen LogP contribution in [0.1, 0.15) is 0 Å². The van der Waals surface area contributed by atoms with Gasteiger partial charge in [0.25, 0.3) is 0 Å². The van der Waals surface area contributed by atoms with Crippen molar-refractivity contribution in [2.75, 3.05) is 0 Å². The second-order valence-corrected chi connectivity index (χ2v) is 3.47. The molecular formula is C9H7OP. The first-order valence-corrected chi connectivity index (χ1v) is 4.52. The van der Waals surface area contributed by atoms with E-state index in [1.54, 1.807) is 0 Å². The van der Waals surface area contributed by atoms with Crippen molar-refractivity contribution in [3.63, 3.8) is 0 Å². The number of fused-ring (bicyclic) bond motifs is 1. The molecule has 2 aromatic rings. The second kappa shape index (κ2) is 2.52.